The SMILES string of the molecule is CCC(C)(C)NC(=O)Cn1c(=O)oc2cc(Cl)ccc21. The van der Waals surface area contributed by atoms with Crippen molar-refractivity contribution in [2.45, 2.75) is 39.3 Å². The van der Waals surface area contributed by atoms with E-state index in [-0.39, 0.29) is 18.0 Å². The third-order valence-corrected chi connectivity index (χ3v) is 3.53. The van der Waals surface area contributed by atoms with Crippen LogP contribution in [0.3, 0.4) is 0 Å². The summed E-state index contributed by atoms with van der Waals surface area (Å²) in [5, 5.41) is 3.36. The fourth-order valence-electron chi connectivity index (χ4n) is 1.84. The van der Waals surface area contributed by atoms with Gasteiger partial charge in [0.1, 0.15) is 6.54 Å². The molecule has 2 rings (SSSR count). The molecule has 1 aromatic carbocycles. The van der Waals surface area contributed by atoms with Gasteiger partial charge in [0.15, 0.2) is 5.58 Å². The van der Waals surface area contributed by atoms with Crippen molar-refractivity contribution in [3.63, 3.8) is 0 Å². The average molecular weight is 297 g/mol. The monoisotopic (exact) mass is 296 g/mol. The van der Waals surface area contributed by atoms with Crippen LogP contribution in [0.25, 0.3) is 11.1 Å². The standard InChI is InChI=1S/C14H17ClN2O3/c1-4-14(2,3)16-12(18)8-17-10-6-5-9(15)7-11(10)20-13(17)19/h5-7H,4,8H2,1-3H3,(H,16,18). The molecule has 108 valence electrons. The number of halogens is 1. The van der Waals surface area contributed by atoms with Gasteiger partial charge in [0.25, 0.3) is 0 Å². The Kier molecular flexibility index (Phi) is 3.90. The minimum atomic E-state index is -0.563. The highest BCUT2D eigenvalue weighted by Crippen LogP contribution is 2.18. The Hall–Kier alpha value is -1.75. The predicted octanol–water partition coefficient (Wildman–Crippen LogP) is 2.55. The highest BCUT2D eigenvalue weighted by Gasteiger charge is 2.19. The second-order valence-corrected chi connectivity index (χ2v) is 5.79. The number of carbonyl (C=O) groups is 1. The van der Waals surface area contributed by atoms with E-state index in [9.17, 15) is 9.59 Å². The summed E-state index contributed by atoms with van der Waals surface area (Å²) in [4.78, 5) is 23.8. The highest BCUT2D eigenvalue weighted by molar-refractivity contribution is 6.31. The van der Waals surface area contributed by atoms with E-state index >= 15 is 0 Å². The molecule has 5 nitrogen and oxygen atoms in total. The molecule has 1 N–H and O–H groups in total. The van der Waals surface area contributed by atoms with Crippen molar-refractivity contribution in [1.82, 2.24) is 9.88 Å². The van der Waals surface area contributed by atoms with Crippen LogP contribution in [0.15, 0.2) is 27.4 Å². The summed E-state index contributed by atoms with van der Waals surface area (Å²) < 4.78 is 6.38. The smallest absolute Gasteiger partial charge is 0.408 e. The van der Waals surface area contributed by atoms with Crippen molar-refractivity contribution in [2.24, 2.45) is 0 Å². The number of nitrogens with one attached hydrogen (secondary N) is 1. The Morgan fingerprint density at radius 1 is 1.45 bits per heavy atom. The van der Waals surface area contributed by atoms with Crippen molar-refractivity contribution in [1.29, 1.82) is 0 Å². The number of fused-ring (bicyclic) bond motifs is 1. The summed E-state index contributed by atoms with van der Waals surface area (Å²) in [5.41, 5.74) is 0.637. The first-order valence-electron chi connectivity index (χ1n) is 6.42. The number of nitrogens with zero attached hydrogens (tertiary/aromatic N) is 1. The van der Waals surface area contributed by atoms with Gasteiger partial charge in [-0.25, -0.2) is 4.79 Å². The summed E-state index contributed by atoms with van der Waals surface area (Å²) >= 11 is 5.84. The molecule has 0 saturated heterocycles. The van der Waals surface area contributed by atoms with Crippen LogP contribution in [0.5, 0.6) is 0 Å². The van der Waals surface area contributed by atoms with Crippen molar-refractivity contribution >= 4 is 28.6 Å². The van der Waals surface area contributed by atoms with Gasteiger partial charge in [0, 0.05) is 16.6 Å². The third kappa shape index (κ3) is 3.04. The summed E-state index contributed by atoms with van der Waals surface area (Å²) in [5.74, 6) is -0.789. The molecule has 1 heterocycles. The minimum Gasteiger partial charge on any atom is -0.408 e. The Labute approximate surface area is 121 Å². The molecular weight excluding hydrogens is 280 g/mol. The van der Waals surface area contributed by atoms with Crippen LogP contribution in [-0.4, -0.2) is 16.0 Å². The maximum Gasteiger partial charge on any atom is 0.420 e. The minimum absolute atomic E-state index is 0.0725. The Morgan fingerprint density at radius 3 is 2.80 bits per heavy atom. The molecule has 0 aliphatic carbocycles. The predicted molar refractivity (Wildman–Crippen MR) is 78.0 cm³/mol. The van der Waals surface area contributed by atoms with Crippen molar-refractivity contribution in [3.05, 3.63) is 33.8 Å². The lowest BCUT2D eigenvalue weighted by Gasteiger charge is -2.24. The van der Waals surface area contributed by atoms with E-state index in [4.69, 9.17) is 16.0 Å². The van der Waals surface area contributed by atoms with Crippen LogP contribution in [0.2, 0.25) is 5.02 Å². The van der Waals surface area contributed by atoms with E-state index in [0.29, 0.717) is 16.1 Å². The van der Waals surface area contributed by atoms with E-state index in [2.05, 4.69) is 5.32 Å². The summed E-state index contributed by atoms with van der Waals surface area (Å²) in [6, 6.07) is 4.88. The quantitative estimate of drug-likeness (QED) is 0.943. The molecule has 0 fully saturated rings. The molecule has 0 bridgehead atoms. The molecule has 1 aromatic heterocycles. The molecule has 0 unspecified atom stereocenters. The number of aromatic nitrogens is 1. The summed E-state index contributed by atoms with van der Waals surface area (Å²) in [6.45, 7) is 5.78. The highest BCUT2D eigenvalue weighted by atomic mass is 35.5. The van der Waals surface area contributed by atoms with Gasteiger partial charge in [-0.1, -0.05) is 18.5 Å². The first kappa shape index (κ1) is 14.7. The van der Waals surface area contributed by atoms with Gasteiger partial charge in [0.2, 0.25) is 5.91 Å². The van der Waals surface area contributed by atoms with Gasteiger partial charge in [-0.3, -0.25) is 9.36 Å². The Balaban J connectivity index is 2.28. The number of hydrogen-bond acceptors (Lipinski definition) is 3. The molecule has 1 amide bonds. The van der Waals surface area contributed by atoms with Gasteiger partial charge in [-0.15, -0.1) is 0 Å². The molecule has 6 heteroatoms. The lowest BCUT2D eigenvalue weighted by molar-refractivity contribution is -0.123. The zero-order valence-corrected chi connectivity index (χ0v) is 12.5. The summed E-state index contributed by atoms with van der Waals surface area (Å²) in [6.07, 6.45) is 0.801. The van der Waals surface area contributed by atoms with Crippen LogP contribution >= 0.6 is 11.6 Å². The number of carbonyl (C=O) groups excluding carboxylic acids is 1. The molecule has 20 heavy (non-hydrogen) atoms. The number of rotatable bonds is 4. The fraction of sp³-hybridized carbons (Fsp3) is 0.429. The van der Waals surface area contributed by atoms with Gasteiger partial charge >= 0.3 is 5.76 Å². The second kappa shape index (κ2) is 5.32. The van der Waals surface area contributed by atoms with Crippen LogP contribution in [0.4, 0.5) is 0 Å². The van der Waals surface area contributed by atoms with E-state index in [1.54, 1.807) is 18.2 Å². The Bertz CT molecular complexity index is 700. The van der Waals surface area contributed by atoms with E-state index in [0.717, 1.165) is 6.42 Å². The first-order valence-corrected chi connectivity index (χ1v) is 6.80. The Morgan fingerprint density at radius 2 is 2.15 bits per heavy atom. The molecule has 0 radical (unpaired) electrons. The van der Waals surface area contributed by atoms with Crippen LogP contribution in [0.1, 0.15) is 27.2 Å². The summed E-state index contributed by atoms with van der Waals surface area (Å²) in [7, 11) is 0. The van der Waals surface area contributed by atoms with Crippen molar-refractivity contribution < 1.29 is 9.21 Å². The maximum absolute atomic E-state index is 12.0. The molecule has 0 saturated carbocycles. The number of oxazole rings is 1. The van der Waals surface area contributed by atoms with Crippen molar-refractivity contribution in [3.8, 4) is 0 Å². The normalized spacial score (nSPS) is 11.8. The fourth-order valence-corrected chi connectivity index (χ4v) is 2.00. The number of hydrogen-bond donors (Lipinski definition) is 1. The van der Waals surface area contributed by atoms with Crippen LogP contribution in [-0.2, 0) is 11.3 Å². The number of amides is 1. The van der Waals surface area contributed by atoms with E-state index in [1.165, 1.54) is 4.57 Å². The lowest BCUT2D eigenvalue weighted by Crippen LogP contribution is -2.44. The maximum atomic E-state index is 12.0. The molecule has 2 aromatic rings. The molecular formula is C14H17ClN2O3. The molecule has 0 atom stereocenters. The largest absolute Gasteiger partial charge is 0.420 e. The van der Waals surface area contributed by atoms with Gasteiger partial charge in [0.05, 0.1) is 5.52 Å². The third-order valence-electron chi connectivity index (χ3n) is 3.29. The lowest BCUT2D eigenvalue weighted by atomic mass is 10.0. The molecule has 0 aliphatic rings. The van der Waals surface area contributed by atoms with Gasteiger partial charge in [-0.05, 0) is 32.4 Å². The first-order chi connectivity index (χ1) is 9.32. The average Bonchev–Trinajstić information content (AvgIpc) is 2.64. The van der Waals surface area contributed by atoms with Crippen molar-refractivity contribution in [2.75, 3.05) is 0 Å². The molecule has 0 aliphatic heterocycles. The molecule has 0 spiro atoms. The van der Waals surface area contributed by atoms with Gasteiger partial charge < -0.3 is 9.73 Å². The van der Waals surface area contributed by atoms with E-state index in [1.807, 2.05) is 20.8 Å². The van der Waals surface area contributed by atoms with Crippen LogP contribution < -0.4 is 11.1 Å². The van der Waals surface area contributed by atoms with E-state index < -0.39 is 5.76 Å². The number of benzene rings is 1. The topological polar surface area (TPSA) is 64.2 Å². The zero-order chi connectivity index (χ0) is 14.9. The zero-order valence-electron chi connectivity index (χ0n) is 11.7. The second-order valence-electron chi connectivity index (χ2n) is 5.35. The van der Waals surface area contributed by atoms with Crippen LogP contribution in [0, 0.1) is 0 Å². The van der Waals surface area contributed by atoms with Gasteiger partial charge in [-0.2, -0.15) is 0 Å².